The van der Waals surface area contributed by atoms with Crippen molar-refractivity contribution in [3.63, 3.8) is 0 Å². The van der Waals surface area contributed by atoms with Gasteiger partial charge in [-0.1, -0.05) is 43.2 Å². The Morgan fingerprint density at radius 2 is 1.95 bits per heavy atom. The number of hydrogen-bond donors (Lipinski definition) is 2. The van der Waals surface area contributed by atoms with E-state index in [-0.39, 0.29) is 12.3 Å². The van der Waals surface area contributed by atoms with Crippen LogP contribution in [0.4, 0.5) is 0 Å². The molecular formula is C16H22N2O3. The highest BCUT2D eigenvalue weighted by Crippen LogP contribution is 2.21. The maximum atomic E-state index is 12.4. The molecule has 5 heteroatoms. The van der Waals surface area contributed by atoms with Crippen molar-refractivity contribution >= 4 is 11.9 Å². The molecule has 0 spiro atoms. The number of carboxylic acid groups (broad SMARTS) is 1. The minimum absolute atomic E-state index is 0.147. The summed E-state index contributed by atoms with van der Waals surface area (Å²) in [6.07, 6.45) is 3.36. The number of nitrogens with two attached hydrogens (primary N) is 1. The third-order valence-electron chi connectivity index (χ3n) is 3.98. The van der Waals surface area contributed by atoms with Crippen molar-refractivity contribution in [2.45, 2.75) is 44.2 Å². The second-order valence-electron chi connectivity index (χ2n) is 5.51. The monoisotopic (exact) mass is 290 g/mol. The van der Waals surface area contributed by atoms with Gasteiger partial charge in [-0.05, 0) is 18.4 Å². The molecule has 5 nitrogen and oxygen atoms in total. The number of carboxylic acids is 1. The summed E-state index contributed by atoms with van der Waals surface area (Å²) in [6.45, 7) is 0.511. The smallest absolute Gasteiger partial charge is 0.326 e. The van der Waals surface area contributed by atoms with Crippen LogP contribution in [0.3, 0.4) is 0 Å². The fraction of sp³-hybridized carbons (Fsp3) is 0.500. The van der Waals surface area contributed by atoms with Crippen LogP contribution in [0.2, 0.25) is 0 Å². The summed E-state index contributed by atoms with van der Waals surface area (Å²) in [7, 11) is 0. The van der Waals surface area contributed by atoms with Crippen molar-refractivity contribution in [2.24, 2.45) is 5.73 Å². The number of rotatable bonds is 4. The van der Waals surface area contributed by atoms with Gasteiger partial charge in [-0.25, -0.2) is 4.79 Å². The van der Waals surface area contributed by atoms with Crippen LogP contribution in [0.1, 0.15) is 43.7 Å². The molecule has 1 aliphatic heterocycles. The van der Waals surface area contributed by atoms with Gasteiger partial charge in [0.2, 0.25) is 5.91 Å². The number of hydrogen-bond acceptors (Lipinski definition) is 3. The van der Waals surface area contributed by atoms with Crippen LogP contribution in [0.15, 0.2) is 30.3 Å². The molecule has 0 saturated carbocycles. The number of likely N-dealkylation sites (tertiary alicyclic amines) is 1. The van der Waals surface area contributed by atoms with Crippen LogP contribution in [0.25, 0.3) is 0 Å². The molecule has 1 amide bonds. The zero-order chi connectivity index (χ0) is 15.2. The molecule has 114 valence electrons. The maximum absolute atomic E-state index is 12.4. The minimum Gasteiger partial charge on any atom is -0.480 e. The quantitative estimate of drug-likeness (QED) is 0.887. The summed E-state index contributed by atoms with van der Waals surface area (Å²) in [5.41, 5.74) is 6.96. The zero-order valence-electron chi connectivity index (χ0n) is 12.1. The molecule has 1 aromatic rings. The van der Waals surface area contributed by atoms with E-state index in [2.05, 4.69) is 0 Å². The van der Waals surface area contributed by atoms with Crippen LogP contribution in [-0.2, 0) is 9.59 Å². The Hall–Kier alpha value is -1.88. The summed E-state index contributed by atoms with van der Waals surface area (Å²) in [5.74, 6) is -1.08. The van der Waals surface area contributed by atoms with E-state index in [0.29, 0.717) is 13.0 Å². The topological polar surface area (TPSA) is 83.6 Å². The van der Waals surface area contributed by atoms with Crippen molar-refractivity contribution in [1.82, 2.24) is 4.90 Å². The van der Waals surface area contributed by atoms with Gasteiger partial charge in [-0.15, -0.1) is 0 Å². The average molecular weight is 290 g/mol. The highest BCUT2D eigenvalue weighted by atomic mass is 16.4. The lowest BCUT2D eigenvalue weighted by atomic mass is 10.0. The highest BCUT2D eigenvalue weighted by Gasteiger charge is 2.31. The average Bonchev–Trinajstić information content (AvgIpc) is 2.74. The first-order chi connectivity index (χ1) is 10.1. The van der Waals surface area contributed by atoms with E-state index >= 15 is 0 Å². The number of nitrogens with zero attached hydrogens (tertiary/aromatic N) is 1. The molecule has 0 bridgehead atoms. The Morgan fingerprint density at radius 1 is 1.24 bits per heavy atom. The molecule has 1 saturated heterocycles. The first kappa shape index (κ1) is 15.5. The fourth-order valence-corrected chi connectivity index (χ4v) is 2.79. The van der Waals surface area contributed by atoms with Crippen molar-refractivity contribution in [1.29, 1.82) is 0 Å². The van der Waals surface area contributed by atoms with Gasteiger partial charge >= 0.3 is 5.97 Å². The van der Waals surface area contributed by atoms with Crippen LogP contribution >= 0.6 is 0 Å². The molecule has 1 fully saturated rings. The Morgan fingerprint density at radius 3 is 2.62 bits per heavy atom. The number of carbonyl (C=O) groups excluding carboxylic acids is 1. The lowest BCUT2D eigenvalue weighted by Gasteiger charge is -2.28. The maximum Gasteiger partial charge on any atom is 0.326 e. The van der Waals surface area contributed by atoms with Gasteiger partial charge < -0.3 is 15.7 Å². The number of amides is 1. The normalized spacial score (nSPS) is 20.6. The molecular weight excluding hydrogens is 268 g/mol. The predicted octanol–water partition coefficient (Wildman–Crippen LogP) is 1.93. The van der Waals surface area contributed by atoms with Crippen molar-refractivity contribution in [2.75, 3.05) is 6.54 Å². The molecule has 2 rings (SSSR count). The molecule has 21 heavy (non-hydrogen) atoms. The summed E-state index contributed by atoms with van der Waals surface area (Å²) in [4.78, 5) is 25.3. The molecule has 0 aromatic heterocycles. The van der Waals surface area contributed by atoms with Gasteiger partial charge in [0, 0.05) is 19.0 Å². The van der Waals surface area contributed by atoms with Crippen LogP contribution < -0.4 is 5.73 Å². The first-order valence-electron chi connectivity index (χ1n) is 7.42. The lowest BCUT2D eigenvalue weighted by molar-refractivity contribution is -0.150. The van der Waals surface area contributed by atoms with Gasteiger partial charge in [0.05, 0.1) is 0 Å². The van der Waals surface area contributed by atoms with Crippen molar-refractivity contribution < 1.29 is 14.7 Å². The number of benzene rings is 1. The predicted molar refractivity (Wildman–Crippen MR) is 79.6 cm³/mol. The van der Waals surface area contributed by atoms with Gasteiger partial charge in [0.15, 0.2) is 0 Å². The first-order valence-corrected chi connectivity index (χ1v) is 7.42. The molecule has 0 radical (unpaired) electrons. The summed E-state index contributed by atoms with van der Waals surface area (Å²) >= 11 is 0. The molecule has 1 heterocycles. The van der Waals surface area contributed by atoms with E-state index in [1.807, 2.05) is 30.3 Å². The second-order valence-corrected chi connectivity index (χ2v) is 5.51. The lowest BCUT2D eigenvalue weighted by Crippen LogP contribution is -2.45. The van der Waals surface area contributed by atoms with Crippen molar-refractivity contribution in [3.8, 4) is 0 Å². The van der Waals surface area contributed by atoms with E-state index in [9.17, 15) is 14.7 Å². The van der Waals surface area contributed by atoms with Crippen molar-refractivity contribution in [3.05, 3.63) is 35.9 Å². The number of aliphatic carboxylic acids is 1. The van der Waals surface area contributed by atoms with Crippen LogP contribution in [-0.4, -0.2) is 34.5 Å². The Balaban J connectivity index is 2.05. The van der Waals surface area contributed by atoms with Gasteiger partial charge in [-0.3, -0.25) is 4.79 Å². The second kappa shape index (κ2) is 7.22. The third-order valence-corrected chi connectivity index (χ3v) is 3.98. The molecule has 0 aliphatic carbocycles. The highest BCUT2D eigenvalue weighted by molar-refractivity contribution is 5.84. The van der Waals surface area contributed by atoms with E-state index in [1.165, 1.54) is 4.90 Å². The molecule has 2 unspecified atom stereocenters. The fourth-order valence-electron chi connectivity index (χ4n) is 2.79. The third kappa shape index (κ3) is 4.04. The van der Waals surface area contributed by atoms with Crippen LogP contribution in [0, 0.1) is 0 Å². The molecule has 3 N–H and O–H groups in total. The van der Waals surface area contributed by atoms with Crippen LogP contribution in [0.5, 0.6) is 0 Å². The minimum atomic E-state index is -0.918. The van der Waals surface area contributed by atoms with Gasteiger partial charge in [-0.2, -0.15) is 0 Å². The molecule has 2 atom stereocenters. The van der Waals surface area contributed by atoms with Gasteiger partial charge in [0.1, 0.15) is 6.04 Å². The zero-order valence-corrected chi connectivity index (χ0v) is 12.1. The van der Waals surface area contributed by atoms with E-state index in [1.54, 1.807) is 0 Å². The van der Waals surface area contributed by atoms with E-state index < -0.39 is 18.1 Å². The molecule has 1 aliphatic rings. The summed E-state index contributed by atoms with van der Waals surface area (Å²) in [5, 5.41) is 9.31. The van der Waals surface area contributed by atoms with Gasteiger partial charge in [0.25, 0.3) is 0 Å². The van der Waals surface area contributed by atoms with E-state index in [4.69, 9.17) is 5.73 Å². The Bertz CT molecular complexity index is 490. The largest absolute Gasteiger partial charge is 0.480 e. The summed E-state index contributed by atoms with van der Waals surface area (Å²) < 4.78 is 0. The Kier molecular flexibility index (Phi) is 5.33. The molecule has 1 aromatic carbocycles. The van der Waals surface area contributed by atoms with E-state index in [0.717, 1.165) is 24.8 Å². The summed E-state index contributed by atoms with van der Waals surface area (Å²) in [6, 6.07) is 8.33. The number of carbonyl (C=O) groups is 2. The standard InChI is InChI=1S/C16H22N2O3/c17-13(12-7-3-1-4-8-12)11-15(19)18-10-6-2-5-9-14(18)16(20)21/h1,3-4,7-8,13-14H,2,5-6,9-11,17H2,(H,20,21). The SMILES string of the molecule is NC(CC(=O)N1CCCCCC1C(=O)O)c1ccccc1. The Labute approximate surface area is 124 Å².